The van der Waals surface area contributed by atoms with Crippen molar-refractivity contribution in [1.29, 1.82) is 0 Å². The molecule has 0 radical (unpaired) electrons. The molecule has 2 atom stereocenters. The Balaban J connectivity index is 1.61. The summed E-state index contributed by atoms with van der Waals surface area (Å²) in [5.74, 6) is -0.671. The van der Waals surface area contributed by atoms with Gasteiger partial charge in [-0.2, -0.15) is 0 Å². The van der Waals surface area contributed by atoms with Crippen LogP contribution in [0.15, 0.2) is 48.5 Å². The molecule has 2 unspecified atom stereocenters. The van der Waals surface area contributed by atoms with Crippen molar-refractivity contribution in [1.82, 2.24) is 0 Å². The number of carboxylic acids is 1. The summed E-state index contributed by atoms with van der Waals surface area (Å²) in [7, 11) is 0. The van der Waals surface area contributed by atoms with Crippen molar-refractivity contribution in [2.75, 3.05) is 10.6 Å². The number of benzene rings is 2. The number of hydrogen-bond acceptors (Lipinski definition) is 3. The first-order chi connectivity index (χ1) is 12.4. The highest BCUT2D eigenvalue weighted by atomic mass is 16.4. The lowest BCUT2D eigenvalue weighted by Gasteiger charge is -2.08. The van der Waals surface area contributed by atoms with Crippen LogP contribution in [0.2, 0.25) is 0 Å². The van der Waals surface area contributed by atoms with Gasteiger partial charge in [-0.1, -0.05) is 19.1 Å². The molecule has 0 bridgehead atoms. The summed E-state index contributed by atoms with van der Waals surface area (Å²) in [6.07, 6.45) is 0.824. The van der Waals surface area contributed by atoms with E-state index in [1.807, 2.05) is 6.92 Å². The zero-order chi connectivity index (χ0) is 18.7. The molecule has 0 spiro atoms. The molecular weight excluding hydrogens is 332 g/mol. The maximum Gasteiger partial charge on any atom is 0.307 e. The van der Waals surface area contributed by atoms with E-state index in [0.717, 1.165) is 6.42 Å². The molecule has 0 aromatic heterocycles. The van der Waals surface area contributed by atoms with Gasteiger partial charge in [0.1, 0.15) is 0 Å². The lowest BCUT2D eigenvalue weighted by atomic mass is 10.1. The molecular formula is C20H20N2O4. The number of anilines is 2. The third-order valence-corrected chi connectivity index (χ3v) is 4.40. The van der Waals surface area contributed by atoms with Gasteiger partial charge in [0.2, 0.25) is 5.91 Å². The number of carboxylic acid groups (broad SMARTS) is 1. The number of carbonyl (C=O) groups is 3. The average Bonchev–Trinajstić information content (AvgIpc) is 3.32. The molecule has 3 N–H and O–H groups in total. The van der Waals surface area contributed by atoms with Crippen molar-refractivity contribution < 1.29 is 19.5 Å². The van der Waals surface area contributed by atoms with Gasteiger partial charge >= 0.3 is 5.97 Å². The van der Waals surface area contributed by atoms with Gasteiger partial charge in [0.25, 0.3) is 5.91 Å². The third kappa shape index (κ3) is 4.47. The predicted molar refractivity (Wildman–Crippen MR) is 98.1 cm³/mol. The van der Waals surface area contributed by atoms with Gasteiger partial charge in [-0.15, -0.1) is 0 Å². The number of aliphatic carboxylic acids is 1. The molecule has 2 aromatic carbocycles. The zero-order valence-corrected chi connectivity index (χ0v) is 14.4. The first kappa shape index (κ1) is 17.7. The second kappa shape index (κ2) is 7.39. The van der Waals surface area contributed by atoms with Gasteiger partial charge in [-0.25, -0.2) is 0 Å². The van der Waals surface area contributed by atoms with E-state index in [1.54, 1.807) is 48.5 Å². The average molecular weight is 352 g/mol. The summed E-state index contributed by atoms with van der Waals surface area (Å²) in [6.45, 7) is 2.04. The SMILES string of the molecule is CC1CC1C(=O)Nc1ccc(C(=O)Nc2cccc(CC(=O)O)c2)cc1. The van der Waals surface area contributed by atoms with E-state index in [-0.39, 0.29) is 24.2 Å². The van der Waals surface area contributed by atoms with Gasteiger partial charge in [0.15, 0.2) is 0 Å². The topological polar surface area (TPSA) is 95.5 Å². The Hall–Kier alpha value is -3.15. The highest BCUT2D eigenvalue weighted by molar-refractivity contribution is 6.04. The molecule has 6 heteroatoms. The largest absolute Gasteiger partial charge is 0.481 e. The Morgan fingerprint density at radius 1 is 1.04 bits per heavy atom. The van der Waals surface area contributed by atoms with E-state index in [0.29, 0.717) is 28.4 Å². The minimum Gasteiger partial charge on any atom is -0.481 e. The van der Waals surface area contributed by atoms with Crippen LogP contribution >= 0.6 is 0 Å². The Bertz CT molecular complexity index is 845. The fourth-order valence-electron chi connectivity index (χ4n) is 2.76. The second-order valence-electron chi connectivity index (χ2n) is 6.61. The number of carbonyl (C=O) groups excluding carboxylic acids is 2. The Kier molecular flexibility index (Phi) is 5.02. The minimum atomic E-state index is -0.924. The van der Waals surface area contributed by atoms with Crippen LogP contribution in [0.1, 0.15) is 29.3 Å². The van der Waals surface area contributed by atoms with Gasteiger partial charge in [-0.3, -0.25) is 14.4 Å². The molecule has 0 saturated heterocycles. The number of nitrogens with one attached hydrogen (secondary N) is 2. The summed E-state index contributed by atoms with van der Waals surface area (Å²) in [5, 5.41) is 14.4. The molecule has 26 heavy (non-hydrogen) atoms. The lowest BCUT2D eigenvalue weighted by Crippen LogP contribution is -2.15. The van der Waals surface area contributed by atoms with Crippen LogP contribution in [0.25, 0.3) is 0 Å². The Morgan fingerprint density at radius 2 is 1.73 bits per heavy atom. The molecule has 1 saturated carbocycles. The van der Waals surface area contributed by atoms with E-state index in [1.165, 1.54) is 0 Å². The monoisotopic (exact) mass is 352 g/mol. The van der Waals surface area contributed by atoms with Crippen LogP contribution in [0, 0.1) is 11.8 Å². The van der Waals surface area contributed by atoms with Crippen molar-refractivity contribution in [2.45, 2.75) is 19.8 Å². The van der Waals surface area contributed by atoms with Crippen LogP contribution in [-0.4, -0.2) is 22.9 Å². The summed E-state index contributed by atoms with van der Waals surface area (Å²) < 4.78 is 0. The molecule has 3 rings (SSSR count). The van der Waals surface area contributed by atoms with Gasteiger partial charge in [-0.05, 0) is 54.3 Å². The normalized spacial score (nSPS) is 18.0. The van der Waals surface area contributed by atoms with Crippen molar-refractivity contribution in [3.05, 3.63) is 59.7 Å². The number of amides is 2. The molecule has 6 nitrogen and oxygen atoms in total. The number of rotatable bonds is 6. The first-order valence-corrected chi connectivity index (χ1v) is 8.45. The van der Waals surface area contributed by atoms with Gasteiger partial charge < -0.3 is 15.7 Å². The van der Waals surface area contributed by atoms with Crippen molar-refractivity contribution in [3.8, 4) is 0 Å². The van der Waals surface area contributed by atoms with Crippen molar-refractivity contribution >= 4 is 29.2 Å². The molecule has 0 aliphatic heterocycles. The van der Waals surface area contributed by atoms with E-state index in [9.17, 15) is 14.4 Å². The first-order valence-electron chi connectivity index (χ1n) is 8.45. The molecule has 134 valence electrons. The lowest BCUT2D eigenvalue weighted by molar-refractivity contribution is -0.136. The van der Waals surface area contributed by atoms with E-state index in [4.69, 9.17) is 5.11 Å². The molecule has 1 fully saturated rings. The maximum absolute atomic E-state index is 12.3. The third-order valence-electron chi connectivity index (χ3n) is 4.40. The molecule has 1 aliphatic rings. The quantitative estimate of drug-likeness (QED) is 0.744. The summed E-state index contributed by atoms with van der Waals surface area (Å²) >= 11 is 0. The highest BCUT2D eigenvalue weighted by Gasteiger charge is 2.39. The predicted octanol–water partition coefficient (Wildman–Crippen LogP) is 3.16. The number of hydrogen-bond donors (Lipinski definition) is 3. The van der Waals surface area contributed by atoms with Crippen molar-refractivity contribution in [3.63, 3.8) is 0 Å². The summed E-state index contributed by atoms with van der Waals surface area (Å²) in [4.78, 5) is 35.0. The van der Waals surface area contributed by atoms with Crippen molar-refractivity contribution in [2.24, 2.45) is 11.8 Å². The highest BCUT2D eigenvalue weighted by Crippen LogP contribution is 2.38. The molecule has 2 amide bonds. The van der Waals surface area contributed by atoms with Crippen LogP contribution in [-0.2, 0) is 16.0 Å². The Morgan fingerprint density at radius 3 is 2.35 bits per heavy atom. The molecule has 1 aliphatic carbocycles. The van der Waals surface area contributed by atoms with E-state index < -0.39 is 5.97 Å². The second-order valence-corrected chi connectivity index (χ2v) is 6.61. The van der Waals surface area contributed by atoms with Crippen LogP contribution in [0.3, 0.4) is 0 Å². The summed E-state index contributed by atoms with van der Waals surface area (Å²) in [6, 6.07) is 13.4. The maximum atomic E-state index is 12.3. The van der Waals surface area contributed by atoms with Crippen LogP contribution < -0.4 is 10.6 Å². The van der Waals surface area contributed by atoms with Gasteiger partial charge in [0.05, 0.1) is 6.42 Å². The van der Waals surface area contributed by atoms with E-state index >= 15 is 0 Å². The smallest absolute Gasteiger partial charge is 0.307 e. The molecule has 0 heterocycles. The van der Waals surface area contributed by atoms with Gasteiger partial charge in [0, 0.05) is 22.9 Å². The van der Waals surface area contributed by atoms with Crippen LogP contribution in [0.4, 0.5) is 11.4 Å². The zero-order valence-electron chi connectivity index (χ0n) is 14.4. The minimum absolute atomic E-state index is 0.0185. The van der Waals surface area contributed by atoms with Crippen LogP contribution in [0.5, 0.6) is 0 Å². The molecule has 2 aromatic rings. The fourth-order valence-corrected chi connectivity index (χ4v) is 2.76. The fraction of sp³-hybridized carbons (Fsp3) is 0.250. The van der Waals surface area contributed by atoms with E-state index in [2.05, 4.69) is 10.6 Å². The standard InChI is InChI=1S/C20H20N2O4/c1-12-9-17(12)20(26)21-15-7-5-14(6-8-15)19(25)22-16-4-2-3-13(10-16)11-18(23)24/h2-8,10,12,17H,9,11H2,1H3,(H,21,26)(H,22,25)(H,23,24). The summed E-state index contributed by atoms with van der Waals surface area (Å²) in [5.41, 5.74) is 2.26. The Labute approximate surface area is 151 Å².